The summed E-state index contributed by atoms with van der Waals surface area (Å²) < 4.78 is 18.3. The zero-order valence-corrected chi connectivity index (χ0v) is 24.3. The first-order chi connectivity index (χ1) is 19.5. The Kier molecular flexibility index (Phi) is 7.41. The number of aryl methyl sites for hydroxylation is 1. The maximum Gasteiger partial charge on any atom is 0.338 e. The maximum absolute atomic E-state index is 13.8. The maximum atomic E-state index is 13.8. The van der Waals surface area contributed by atoms with Gasteiger partial charge in [0.2, 0.25) is 0 Å². The lowest BCUT2D eigenvalue weighted by atomic mass is 9.95. The number of aromatic nitrogens is 1. The molecule has 0 amide bonds. The van der Waals surface area contributed by atoms with Crippen LogP contribution in [0.4, 0.5) is 5.69 Å². The molecule has 3 heterocycles. The van der Waals surface area contributed by atoms with Crippen molar-refractivity contribution in [1.29, 1.82) is 0 Å². The van der Waals surface area contributed by atoms with Crippen molar-refractivity contribution >= 4 is 40.7 Å². The lowest BCUT2D eigenvalue weighted by Crippen LogP contribution is -2.40. The highest BCUT2D eigenvalue weighted by Gasteiger charge is 2.35. The van der Waals surface area contributed by atoms with Crippen LogP contribution >= 0.6 is 22.9 Å². The Balaban J connectivity index is 1.66. The molecule has 41 heavy (non-hydrogen) atoms. The Labute approximate surface area is 242 Å². The van der Waals surface area contributed by atoms with Gasteiger partial charge in [-0.1, -0.05) is 22.9 Å². The van der Waals surface area contributed by atoms with Crippen molar-refractivity contribution in [3.05, 3.63) is 111 Å². The van der Waals surface area contributed by atoms with E-state index >= 15 is 0 Å². The van der Waals surface area contributed by atoms with Crippen LogP contribution in [0.3, 0.4) is 0 Å². The Hall–Kier alpha value is -4.48. The molecule has 5 rings (SSSR count). The highest BCUT2D eigenvalue weighted by Crippen LogP contribution is 2.37. The van der Waals surface area contributed by atoms with Crippen molar-refractivity contribution < 1.29 is 23.6 Å². The van der Waals surface area contributed by atoms with Gasteiger partial charge in [0.25, 0.3) is 11.2 Å². The summed E-state index contributed by atoms with van der Waals surface area (Å²) in [6.45, 7) is 5.17. The number of carbonyl (C=O) groups excluding carboxylic acids is 1. The number of nitro benzene ring substituents is 1. The Bertz CT molecular complexity index is 1950. The monoisotopic (exact) mass is 593 g/mol. The van der Waals surface area contributed by atoms with Crippen molar-refractivity contribution in [3.63, 3.8) is 0 Å². The number of thiazole rings is 1. The van der Waals surface area contributed by atoms with E-state index in [1.165, 1.54) is 24.9 Å². The third-order valence-electron chi connectivity index (χ3n) is 6.93. The third-order valence-corrected chi connectivity index (χ3v) is 8.15. The molecule has 0 spiro atoms. The highest BCUT2D eigenvalue weighted by molar-refractivity contribution is 7.07. The fourth-order valence-corrected chi connectivity index (χ4v) is 6.00. The molecule has 0 saturated heterocycles. The van der Waals surface area contributed by atoms with Crippen LogP contribution in [0, 0.1) is 24.0 Å². The minimum absolute atomic E-state index is 0.000479. The van der Waals surface area contributed by atoms with E-state index in [0.29, 0.717) is 54.0 Å². The average molecular weight is 594 g/mol. The van der Waals surface area contributed by atoms with Gasteiger partial charge in [0.05, 0.1) is 34.9 Å². The normalized spacial score (nSPS) is 15.0. The second-order valence-corrected chi connectivity index (χ2v) is 10.8. The number of halogens is 1. The summed E-state index contributed by atoms with van der Waals surface area (Å²) in [7, 11) is 2.75. The number of ether oxygens (including phenoxy) is 2. The van der Waals surface area contributed by atoms with E-state index in [1.54, 1.807) is 57.2 Å². The fraction of sp³-hybridized carbons (Fsp3) is 0.207. The first kappa shape index (κ1) is 28.1. The number of esters is 1. The van der Waals surface area contributed by atoms with Gasteiger partial charge in [-0.05, 0) is 62.7 Å². The lowest BCUT2D eigenvalue weighted by molar-refractivity contribution is -0.385. The van der Waals surface area contributed by atoms with Crippen LogP contribution in [-0.4, -0.2) is 29.7 Å². The number of benzene rings is 2. The molecule has 0 bridgehead atoms. The predicted molar refractivity (Wildman–Crippen MR) is 154 cm³/mol. The molecule has 0 N–H and O–H groups in total. The number of allylic oxidation sites excluding steroid dienone is 1. The predicted octanol–water partition coefficient (Wildman–Crippen LogP) is 4.86. The van der Waals surface area contributed by atoms with Crippen LogP contribution in [0.25, 0.3) is 17.4 Å². The molecule has 2 aromatic carbocycles. The number of rotatable bonds is 6. The van der Waals surface area contributed by atoms with Gasteiger partial charge >= 0.3 is 5.97 Å². The number of carbonyl (C=O) groups is 1. The Morgan fingerprint density at radius 2 is 1.93 bits per heavy atom. The highest BCUT2D eigenvalue weighted by atomic mass is 35.5. The molecule has 0 fully saturated rings. The number of nitro groups is 1. The Morgan fingerprint density at radius 3 is 2.61 bits per heavy atom. The van der Waals surface area contributed by atoms with Crippen molar-refractivity contribution in [2.24, 2.45) is 4.99 Å². The SMILES string of the molecule is COC(=O)C1=C(C)N=c2s/c(=C\c3ccc(-c4cc(C)c(C)c([N+](=O)[O-])c4)o3)c(=O)n2[C@@H]1c1cc(Cl)ccc1OC. The summed E-state index contributed by atoms with van der Waals surface area (Å²) in [6.07, 6.45) is 1.58. The number of fused-ring (bicyclic) bond motifs is 1. The van der Waals surface area contributed by atoms with Gasteiger partial charge in [-0.25, -0.2) is 9.79 Å². The molecule has 2 aromatic heterocycles. The zero-order chi connectivity index (χ0) is 29.6. The first-order valence-corrected chi connectivity index (χ1v) is 13.5. The summed E-state index contributed by atoms with van der Waals surface area (Å²) in [4.78, 5) is 42.8. The summed E-state index contributed by atoms with van der Waals surface area (Å²) in [6, 6.07) is 10.7. The number of hydrogen-bond acceptors (Lipinski definition) is 9. The number of hydrogen-bond donors (Lipinski definition) is 0. The van der Waals surface area contributed by atoms with Crippen molar-refractivity contribution in [1.82, 2.24) is 4.57 Å². The van der Waals surface area contributed by atoms with Gasteiger partial charge < -0.3 is 13.9 Å². The van der Waals surface area contributed by atoms with Gasteiger partial charge in [-0.15, -0.1) is 0 Å². The largest absolute Gasteiger partial charge is 0.496 e. The third kappa shape index (κ3) is 4.98. The standard InChI is InChI=1S/C29H24ClN3O7S/c1-14-10-17(11-21(15(14)2)33(36)37)22-9-7-19(40-22)13-24-27(34)32-26(20-12-18(30)6-8-23(20)38-4)25(28(35)39-5)16(3)31-29(32)41-24/h6-13,26H,1-5H3/b24-13-/t26-/m1/s1. The van der Waals surface area contributed by atoms with Crippen LogP contribution in [0.5, 0.6) is 5.75 Å². The first-order valence-electron chi connectivity index (χ1n) is 12.3. The average Bonchev–Trinajstić information content (AvgIpc) is 3.53. The van der Waals surface area contributed by atoms with Gasteiger partial charge in [0.1, 0.15) is 23.3 Å². The van der Waals surface area contributed by atoms with Crippen molar-refractivity contribution in [3.8, 4) is 17.1 Å². The van der Waals surface area contributed by atoms with Crippen molar-refractivity contribution in [2.75, 3.05) is 14.2 Å². The molecule has 0 unspecified atom stereocenters. The Morgan fingerprint density at radius 1 is 1.17 bits per heavy atom. The van der Waals surface area contributed by atoms with Crippen LogP contribution in [-0.2, 0) is 9.53 Å². The topological polar surface area (TPSA) is 126 Å². The molecule has 10 nitrogen and oxygen atoms in total. The molecular formula is C29H24ClN3O7S. The molecule has 0 saturated carbocycles. The van der Waals surface area contributed by atoms with E-state index in [2.05, 4.69) is 4.99 Å². The molecule has 210 valence electrons. The number of furan rings is 1. The second kappa shape index (κ2) is 10.8. The fourth-order valence-electron chi connectivity index (χ4n) is 4.79. The molecule has 1 aliphatic rings. The molecule has 0 radical (unpaired) electrons. The van der Waals surface area contributed by atoms with E-state index in [-0.39, 0.29) is 11.3 Å². The van der Waals surface area contributed by atoms with Gasteiger partial charge in [0.15, 0.2) is 4.80 Å². The molecule has 0 aliphatic carbocycles. The van der Waals surface area contributed by atoms with Crippen LogP contribution in [0.15, 0.2) is 67.9 Å². The molecule has 1 aliphatic heterocycles. The lowest BCUT2D eigenvalue weighted by Gasteiger charge is -2.25. The second-order valence-electron chi connectivity index (χ2n) is 9.36. The van der Waals surface area contributed by atoms with Crippen LogP contribution < -0.4 is 19.6 Å². The molecule has 1 atom stereocenters. The summed E-state index contributed by atoms with van der Waals surface area (Å²) in [5.74, 6) is 0.585. The van der Waals surface area contributed by atoms with Crippen molar-refractivity contribution in [2.45, 2.75) is 26.8 Å². The summed E-state index contributed by atoms with van der Waals surface area (Å²) >= 11 is 7.45. The number of nitrogens with zero attached hydrogens (tertiary/aromatic N) is 3. The van der Waals surface area contributed by atoms with E-state index in [1.807, 2.05) is 6.07 Å². The molecule has 12 heteroatoms. The van der Waals surface area contributed by atoms with E-state index in [0.717, 1.165) is 16.9 Å². The van der Waals surface area contributed by atoms with Gasteiger partial charge in [-0.3, -0.25) is 19.5 Å². The quantitative estimate of drug-likeness (QED) is 0.178. The van der Waals surface area contributed by atoms with Gasteiger partial charge in [0, 0.05) is 33.9 Å². The van der Waals surface area contributed by atoms with E-state index < -0.39 is 22.5 Å². The van der Waals surface area contributed by atoms with Gasteiger partial charge in [-0.2, -0.15) is 0 Å². The summed E-state index contributed by atoms with van der Waals surface area (Å²) in [5.41, 5.74) is 2.56. The minimum atomic E-state index is -0.905. The van der Waals surface area contributed by atoms with E-state index in [9.17, 15) is 19.7 Å². The molecule has 4 aromatic rings. The van der Waals surface area contributed by atoms with Crippen LogP contribution in [0.1, 0.15) is 35.4 Å². The smallest absolute Gasteiger partial charge is 0.338 e. The number of methoxy groups -OCH3 is 2. The zero-order valence-electron chi connectivity index (χ0n) is 22.7. The van der Waals surface area contributed by atoms with E-state index in [4.69, 9.17) is 25.5 Å². The summed E-state index contributed by atoms with van der Waals surface area (Å²) in [5, 5.41) is 11.9. The van der Waals surface area contributed by atoms with Crippen LogP contribution in [0.2, 0.25) is 5.02 Å². The minimum Gasteiger partial charge on any atom is -0.496 e. The molecular weight excluding hydrogens is 570 g/mol.